The molecule has 3 heterocycles. The molecule has 168 valence electrons. The molecule has 0 N–H and O–H groups in total. The normalized spacial score (nSPS) is 11.8. The molecule has 0 saturated carbocycles. The van der Waals surface area contributed by atoms with Gasteiger partial charge in [-0.3, -0.25) is 9.55 Å². The van der Waals surface area contributed by atoms with E-state index in [0.717, 1.165) is 16.8 Å². The standard InChI is InChI=1S/C26H19FN4O3/c1-16-2-5-21(14-29-16)34-24-7-3-17(10-19(24)13-28)15-33-25-12-23-22-6-4-20(27)11-18(22)8-9-31(23)26(32)30-25/h2-7,10-12,14H,8-9,15H2,1H3. The van der Waals surface area contributed by atoms with Gasteiger partial charge in [-0.2, -0.15) is 10.2 Å². The first kappa shape index (κ1) is 21.3. The minimum absolute atomic E-state index is 0.104. The van der Waals surface area contributed by atoms with Crippen LogP contribution in [0.3, 0.4) is 0 Å². The Bertz CT molecular complexity index is 1490. The van der Waals surface area contributed by atoms with Crippen LogP contribution in [0.4, 0.5) is 4.39 Å². The van der Waals surface area contributed by atoms with E-state index in [2.05, 4.69) is 16.0 Å². The third-order valence-electron chi connectivity index (χ3n) is 5.60. The largest absolute Gasteiger partial charge is 0.473 e. The number of hydrogen-bond acceptors (Lipinski definition) is 6. The second kappa shape index (κ2) is 8.79. The zero-order chi connectivity index (χ0) is 23.7. The molecule has 0 unspecified atom stereocenters. The molecular weight excluding hydrogens is 435 g/mol. The number of ether oxygens (including phenoxy) is 2. The molecule has 0 fully saturated rings. The summed E-state index contributed by atoms with van der Waals surface area (Å²) in [4.78, 5) is 20.8. The highest BCUT2D eigenvalue weighted by atomic mass is 19.1. The fourth-order valence-electron chi connectivity index (χ4n) is 3.89. The van der Waals surface area contributed by atoms with Gasteiger partial charge in [0, 0.05) is 23.9 Å². The van der Waals surface area contributed by atoms with Gasteiger partial charge in [0.25, 0.3) is 0 Å². The highest BCUT2D eigenvalue weighted by Gasteiger charge is 2.19. The monoisotopic (exact) mass is 454 g/mol. The quantitative estimate of drug-likeness (QED) is 0.439. The number of halogens is 1. The van der Waals surface area contributed by atoms with Crippen LogP contribution in [0.5, 0.6) is 17.4 Å². The van der Waals surface area contributed by atoms with Crippen LogP contribution >= 0.6 is 0 Å². The third kappa shape index (κ3) is 4.24. The maximum Gasteiger partial charge on any atom is 0.351 e. The summed E-state index contributed by atoms with van der Waals surface area (Å²) in [6, 6.07) is 17.1. The third-order valence-corrected chi connectivity index (χ3v) is 5.60. The molecule has 2 aromatic carbocycles. The van der Waals surface area contributed by atoms with E-state index in [1.54, 1.807) is 47.2 Å². The van der Waals surface area contributed by atoms with Crippen LogP contribution in [-0.4, -0.2) is 14.5 Å². The Balaban J connectivity index is 1.36. The van der Waals surface area contributed by atoms with Crippen molar-refractivity contribution in [3.63, 3.8) is 0 Å². The number of aryl methyl sites for hydroxylation is 2. The number of pyridine rings is 1. The Kier molecular flexibility index (Phi) is 5.52. The summed E-state index contributed by atoms with van der Waals surface area (Å²) >= 11 is 0. The summed E-state index contributed by atoms with van der Waals surface area (Å²) in [5.41, 5.74) is 3.78. The number of hydrogen-bond donors (Lipinski definition) is 0. The lowest BCUT2D eigenvalue weighted by molar-refractivity contribution is 0.291. The summed E-state index contributed by atoms with van der Waals surface area (Å²) in [5, 5.41) is 9.56. The summed E-state index contributed by atoms with van der Waals surface area (Å²) < 4.78 is 26.8. The Morgan fingerprint density at radius 2 is 2.03 bits per heavy atom. The molecule has 1 aliphatic rings. The highest BCUT2D eigenvalue weighted by molar-refractivity contribution is 5.66. The van der Waals surface area contributed by atoms with Gasteiger partial charge in [0.05, 0.1) is 17.5 Å². The van der Waals surface area contributed by atoms with Crippen molar-refractivity contribution >= 4 is 0 Å². The van der Waals surface area contributed by atoms with Gasteiger partial charge in [-0.05, 0) is 66.9 Å². The van der Waals surface area contributed by atoms with Gasteiger partial charge in [0.15, 0.2) is 0 Å². The minimum Gasteiger partial charge on any atom is -0.473 e. The van der Waals surface area contributed by atoms with Gasteiger partial charge in [-0.25, -0.2) is 9.18 Å². The smallest absolute Gasteiger partial charge is 0.351 e. The van der Waals surface area contributed by atoms with Gasteiger partial charge in [-0.15, -0.1) is 0 Å². The Labute approximate surface area is 194 Å². The summed E-state index contributed by atoms with van der Waals surface area (Å²) in [7, 11) is 0. The van der Waals surface area contributed by atoms with E-state index in [1.165, 1.54) is 12.1 Å². The summed E-state index contributed by atoms with van der Waals surface area (Å²) in [5.74, 6) is 0.799. The van der Waals surface area contributed by atoms with Gasteiger partial charge in [0.1, 0.15) is 30.0 Å². The van der Waals surface area contributed by atoms with E-state index < -0.39 is 5.69 Å². The van der Waals surface area contributed by atoms with Crippen LogP contribution in [0.2, 0.25) is 0 Å². The van der Waals surface area contributed by atoms with Crippen molar-refractivity contribution < 1.29 is 13.9 Å². The van der Waals surface area contributed by atoms with Crippen LogP contribution in [0.1, 0.15) is 22.4 Å². The minimum atomic E-state index is -0.421. The van der Waals surface area contributed by atoms with Crippen molar-refractivity contribution in [3.8, 4) is 34.7 Å². The van der Waals surface area contributed by atoms with Gasteiger partial charge in [0.2, 0.25) is 5.88 Å². The highest BCUT2D eigenvalue weighted by Crippen LogP contribution is 2.31. The van der Waals surface area contributed by atoms with Crippen molar-refractivity contribution in [2.45, 2.75) is 26.5 Å². The zero-order valence-electron chi connectivity index (χ0n) is 18.3. The van der Waals surface area contributed by atoms with Crippen molar-refractivity contribution in [1.82, 2.24) is 14.5 Å². The molecular formula is C26H19FN4O3. The molecule has 0 spiro atoms. The number of nitriles is 1. The first-order valence-corrected chi connectivity index (χ1v) is 10.7. The molecule has 2 aromatic heterocycles. The Morgan fingerprint density at radius 3 is 2.82 bits per heavy atom. The lowest BCUT2D eigenvalue weighted by atomic mass is 9.98. The molecule has 34 heavy (non-hydrogen) atoms. The molecule has 0 amide bonds. The lowest BCUT2D eigenvalue weighted by Crippen LogP contribution is -2.28. The molecule has 0 atom stereocenters. The summed E-state index contributed by atoms with van der Waals surface area (Å²) in [6.45, 7) is 2.42. The van der Waals surface area contributed by atoms with E-state index in [9.17, 15) is 14.4 Å². The molecule has 8 heteroatoms. The Morgan fingerprint density at radius 1 is 1.15 bits per heavy atom. The molecule has 0 radical (unpaired) electrons. The number of benzene rings is 2. The SMILES string of the molecule is Cc1ccc(Oc2ccc(COc3cc4n(c(=O)n3)CCc3cc(F)ccc3-4)cc2C#N)cn1. The summed E-state index contributed by atoms with van der Waals surface area (Å²) in [6.07, 6.45) is 2.16. The number of rotatable bonds is 5. The van der Waals surface area contributed by atoms with Crippen LogP contribution in [0.15, 0.2) is 65.6 Å². The van der Waals surface area contributed by atoms with E-state index in [-0.39, 0.29) is 18.3 Å². The van der Waals surface area contributed by atoms with Gasteiger partial charge in [-0.1, -0.05) is 6.07 Å². The second-order valence-electron chi connectivity index (χ2n) is 7.93. The van der Waals surface area contributed by atoms with Gasteiger partial charge >= 0.3 is 5.69 Å². The van der Waals surface area contributed by atoms with Crippen molar-refractivity contribution in [2.75, 3.05) is 0 Å². The zero-order valence-corrected chi connectivity index (χ0v) is 18.3. The second-order valence-corrected chi connectivity index (χ2v) is 7.93. The van der Waals surface area contributed by atoms with Crippen LogP contribution in [0, 0.1) is 24.1 Å². The first-order chi connectivity index (χ1) is 16.5. The number of fused-ring (bicyclic) bond motifs is 3. The molecule has 5 rings (SSSR count). The van der Waals surface area contributed by atoms with E-state index in [1.807, 2.05) is 13.0 Å². The van der Waals surface area contributed by atoms with Crippen LogP contribution in [-0.2, 0) is 19.6 Å². The van der Waals surface area contributed by atoms with Crippen LogP contribution in [0.25, 0.3) is 11.3 Å². The average Bonchev–Trinajstić information content (AvgIpc) is 2.84. The molecule has 7 nitrogen and oxygen atoms in total. The molecule has 4 aromatic rings. The molecule has 1 aliphatic heterocycles. The number of aromatic nitrogens is 3. The van der Waals surface area contributed by atoms with E-state index in [4.69, 9.17) is 9.47 Å². The predicted octanol–water partition coefficient (Wildman–Crippen LogP) is 4.55. The topological polar surface area (TPSA) is 90.0 Å². The van der Waals surface area contributed by atoms with Crippen LogP contribution < -0.4 is 15.2 Å². The molecule has 0 saturated heterocycles. The molecule has 0 aliphatic carbocycles. The van der Waals surface area contributed by atoms with Crippen molar-refractivity contribution in [1.29, 1.82) is 5.26 Å². The maximum atomic E-state index is 13.6. The van der Waals surface area contributed by atoms with E-state index in [0.29, 0.717) is 41.3 Å². The maximum absolute atomic E-state index is 13.6. The molecule has 0 bridgehead atoms. The fourth-order valence-corrected chi connectivity index (χ4v) is 3.89. The van der Waals surface area contributed by atoms with Crippen molar-refractivity contribution in [3.05, 3.63) is 99.5 Å². The fraction of sp³-hybridized carbons (Fsp3) is 0.154. The van der Waals surface area contributed by atoms with Crippen molar-refractivity contribution in [2.24, 2.45) is 0 Å². The number of nitrogens with zero attached hydrogens (tertiary/aromatic N) is 4. The predicted molar refractivity (Wildman–Crippen MR) is 122 cm³/mol. The lowest BCUT2D eigenvalue weighted by Gasteiger charge is -2.21. The first-order valence-electron chi connectivity index (χ1n) is 10.7. The Hall–Kier alpha value is -4.51. The van der Waals surface area contributed by atoms with E-state index >= 15 is 0 Å². The average molecular weight is 454 g/mol. The van der Waals surface area contributed by atoms with Gasteiger partial charge < -0.3 is 9.47 Å².